The van der Waals surface area contributed by atoms with E-state index in [0.29, 0.717) is 13.1 Å². The quantitative estimate of drug-likeness (QED) is 0.817. The van der Waals surface area contributed by atoms with Crippen molar-refractivity contribution in [2.75, 3.05) is 20.2 Å². The lowest BCUT2D eigenvalue weighted by atomic mass is 9.98. The fraction of sp³-hybridized carbons (Fsp3) is 0.278. The molecule has 1 atom stereocenters. The number of carbonyl (C=O) groups excluding carboxylic acids is 1. The van der Waals surface area contributed by atoms with Crippen LogP contribution < -0.4 is 15.8 Å². The highest BCUT2D eigenvalue weighted by Crippen LogP contribution is 2.15. The van der Waals surface area contributed by atoms with E-state index >= 15 is 0 Å². The van der Waals surface area contributed by atoms with Gasteiger partial charge in [-0.25, -0.2) is 0 Å². The summed E-state index contributed by atoms with van der Waals surface area (Å²) in [6.45, 7) is 0.879. The Hall–Kier alpha value is -2.04. The molecular formula is C18H23ClN2O2. The minimum absolute atomic E-state index is 0. The monoisotopic (exact) mass is 334 g/mol. The highest BCUT2D eigenvalue weighted by molar-refractivity contribution is 5.85. The molecule has 0 aliphatic rings. The van der Waals surface area contributed by atoms with E-state index in [-0.39, 0.29) is 24.2 Å². The van der Waals surface area contributed by atoms with Crippen molar-refractivity contribution >= 4 is 18.3 Å². The maximum atomic E-state index is 12.3. The predicted octanol–water partition coefficient (Wildman–Crippen LogP) is 2.52. The van der Waals surface area contributed by atoms with Crippen molar-refractivity contribution in [3.63, 3.8) is 0 Å². The largest absolute Gasteiger partial charge is 0.497 e. The molecular weight excluding hydrogens is 312 g/mol. The first-order valence-electron chi connectivity index (χ1n) is 7.40. The first-order valence-corrected chi connectivity index (χ1v) is 7.40. The standard InChI is InChI=1S/C18H22N2O2.ClH/c1-22-16-9-5-6-14(12-16)10-11-20-18(21)17(13-19)15-7-3-2-4-8-15;/h2-9,12,17H,10-11,13,19H2,1H3,(H,20,21);1H. The maximum Gasteiger partial charge on any atom is 0.228 e. The third kappa shape index (κ3) is 5.58. The van der Waals surface area contributed by atoms with Gasteiger partial charge in [-0.15, -0.1) is 12.4 Å². The Kier molecular flexibility index (Phi) is 8.16. The lowest BCUT2D eigenvalue weighted by molar-refractivity contribution is -0.122. The molecule has 0 spiro atoms. The number of nitrogens with two attached hydrogens (primary N) is 1. The van der Waals surface area contributed by atoms with Crippen LogP contribution in [0.15, 0.2) is 54.6 Å². The summed E-state index contributed by atoms with van der Waals surface area (Å²) >= 11 is 0. The van der Waals surface area contributed by atoms with Gasteiger partial charge in [0.1, 0.15) is 5.75 Å². The summed E-state index contributed by atoms with van der Waals surface area (Å²) < 4.78 is 5.19. The molecule has 0 heterocycles. The number of benzene rings is 2. The van der Waals surface area contributed by atoms with Crippen molar-refractivity contribution in [3.8, 4) is 5.75 Å². The Morgan fingerprint density at radius 3 is 2.57 bits per heavy atom. The van der Waals surface area contributed by atoms with Crippen LogP contribution in [0.3, 0.4) is 0 Å². The normalized spacial score (nSPS) is 11.2. The number of hydrogen-bond acceptors (Lipinski definition) is 3. The summed E-state index contributed by atoms with van der Waals surface area (Å²) in [5.74, 6) is 0.496. The van der Waals surface area contributed by atoms with Gasteiger partial charge in [-0.2, -0.15) is 0 Å². The lowest BCUT2D eigenvalue weighted by Gasteiger charge is -2.15. The second-order valence-corrected chi connectivity index (χ2v) is 5.09. The van der Waals surface area contributed by atoms with Gasteiger partial charge in [0.05, 0.1) is 13.0 Å². The molecule has 0 fully saturated rings. The van der Waals surface area contributed by atoms with E-state index in [1.807, 2.05) is 54.6 Å². The number of hydrogen-bond donors (Lipinski definition) is 2. The van der Waals surface area contributed by atoms with E-state index in [4.69, 9.17) is 10.5 Å². The molecule has 0 radical (unpaired) electrons. The molecule has 2 rings (SSSR count). The summed E-state index contributed by atoms with van der Waals surface area (Å²) in [7, 11) is 1.65. The van der Waals surface area contributed by atoms with E-state index < -0.39 is 0 Å². The van der Waals surface area contributed by atoms with Gasteiger partial charge in [-0.1, -0.05) is 42.5 Å². The Morgan fingerprint density at radius 1 is 1.17 bits per heavy atom. The van der Waals surface area contributed by atoms with Crippen LogP contribution in [-0.2, 0) is 11.2 Å². The number of rotatable bonds is 7. The molecule has 1 unspecified atom stereocenters. The van der Waals surface area contributed by atoms with Crippen LogP contribution in [0, 0.1) is 0 Å². The van der Waals surface area contributed by atoms with Crippen LogP contribution >= 0.6 is 12.4 Å². The fourth-order valence-corrected chi connectivity index (χ4v) is 2.36. The van der Waals surface area contributed by atoms with Gasteiger partial charge < -0.3 is 15.8 Å². The fourth-order valence-electron chi connectivity index (χ4n) is 2.36. The molecule has 4 nitrogen and oxygen atoms in total. The van der Waals surface area contributed by atoms with Crippen LogP contribution in [0.5, 0.6) is 5.75 Å². The molecule has 0 bridgehead atoms. The molecule has 0 aliphatic heterocycles. The first kappa shape index (κ1) is 19.0. The molecule has 2 aromatic carbocycles. The van der Waals surface area contributed by atoms with Crippen molar-refractivity contribution in [2.24, 2.45) is 5.73 Å². The average Bonchev–Trinajstić information content (AvgIpc) is 2.57. The minimum Gasteiger partial charge on any atom is -0.497 e. The van der Waals surface area contributed by atoms with Crippen LogP contribution in [0.2, 0.25) is 0 Å². The third-order valence-electron chi connectivity index (χ3n) is 3.60. The van der Waals surface area contributed by atoms with Crippen molar-refractivity contribution < 1.29 is 9.53 Å². The topological polar surface area (TPSA) is 64.3 Å². The summed E-state index contributed by atoms with van der Waals surface area (Å²) in [5.41, 5.74) is 7.83. The SMILES string of the molecule is COc1cccc(CCNC(=O)C(CN)c2ccccc2)c1.Cl. The average molecular weight is 335 g/mol. The number of nitrogens with one attached hydrogen (secondary N) is 1. The van der Waals surface area contributed by atoms with Crippen LogP contribution in [0.4, 0.5) is 0 Å². The molecule has 3 N–H and O–H groups in total. The zero-order valence-electron chi connectivity index (χ0n) is 13.2. The molecule has 5 heteroatoms. The number of ether oxygens (including phenoxy) is 1. The molecule has 124 valence electrons. The third-order valence-corrected chi connectivity index (χ3v) is 3.60. The molecule has 0 saturated carbocycles. The molecule has 0 saturated heterocycles. The lowest BCUT2D eigenvalue weighted by Crippen LogP contribution is -2.34. The Morgan fingerprint density at radius 2 is 1.91 bits per heavy atom. The zero-order chi connectivity index (χ0) is 15.8. The summed E-state index contributed by atoms with van der Waals surface area (Å²) in [4.78, 5) is 12.3. The van der Waals surface area contributed by atoms with Gasteiger partial charge in [0.2, 0.25) is 5.91 Å². The second-order valence-electron chi connectivity index (χ2n) is 5.09. The predicted molar refractivity (Wildman–Crippen MR) is 95.2 cm³/mol. The highest BCUT2D eigenvalue weighted by Gasteiger charge is 2.17. The maximum absolute atomic E-state index is 12.3. The van der Waals surface area contributed by atoms with Gasteiger partial charge in [-0.05, 0) is 29.7 Å². The Balaban J connectivity index is 0.00000264. The van der Waals surface area contributed by atoms with Crippen molar-refractivity contribution in [3.05, 3.63) is 65.7 Å². The number of halogens is 1. The zero-order valence-corrected chi connectivity index (χ0v) is 14.0. The van der Waals surface area contributed by atoms with E-state index in [1.54, 1.807) is 7.11 Å². The van der Waals surface area contributed by atoms with Crippen molar-refractivity contribution in [2.45, 2.75) is 12.3 Å². The van der Waals surface area contributed by atoms with E-state index in [2.05, 4.69) is 5.32 Å². The highest BCUT2D eigenvalue weighted by atomic mass is 35.5. The molecule has 23 heavy (non-hydrogen) atoms. The van der Waals surface area contributed by atoms with Crippen LogP contribution in [0.1, 0.15) is 17.0 Å². The van der Waals surface area contributed by atoms with Gasteiger partial charge in [0, 0.05) is 13.1 Å². The van der Waals surface area contributed by atoms with Crippen molar-refractivity contribution in [1.82, 2.24) is 5.32 Å². The van der Waals surface area contributed by atoms with Crippen LogP contribution in [-0.4, -0.2) is 26.1 Å². The summed E-state index contributed by atoms with van der Waals surface area (Å²) in [5, 5.41) is 2.96. The first-order chi connectivity index (χ1) is 10.7. The minimum atomic E-state index is -0.300. The van der Waals surface area contributed by atoms with E-state index in [1.165, 1.54) is 0 Å². The second kappa shape index (κ2) is 9.87. The Bertz CT molecular complexity index is 605. The van der Waals surface area contributed by atoms with E-state index in [9.17, 15) is 4.79 Å². The van der Waals surface area contributed by atoms with Crippen molar-refractivity contribution in [1.29, 1.82) is 0 Å². The van der Waals surface area contributed by atoms with Crippen LogP contribution in [0.25, 0.3) is 0 Å². The number of methoxy groups -OCH3 is 1. The molecule has 0 aliphatic carbocycles. The van der Waals surface area contributed by atoms with Gasteiger partial charge in [0.15, 0.2) is 0 Å². The summed E-state index contributed by atoms with van der Waals surface area (Å²) in [6.07, 6.45) is 0.759. The molecule has 1 amide bonds. The smallest absolute Gasteiger partial charge is 0.228 e. The van der Waals surface area contributed by atoms with Gasteiger partial charge in [0.25, 0.3) is 0 Å². The van der Waals surface area contributed by atoms with E-state index in [0.717, 1.165) is 23.3 Å². The molecule has 2 aromatic rings. The Labute approximate surface area is 143 Å². The molecule has 0 aromatic heterocycles. The number of carbonyl (C=O) groups is 1. The number of amides is 1. The van der Waals surface area contributed by atoms with Gasteiger partial charge >= 0.3 is 0 Å². The van der Waals surface area contributed by atoms with Gasteiger partial charge in [-0.3, -0.25) is 4.79 Å². The summed E-state index contributed by atoms with van der Waals surface area (Å²) in [6, 6.07) is 17.5.